The molecule has 1 fully saturated rings. The van der Waals surface area contributed by atoms with Crippen LogP contribution in [-0.2, 0) is 25.7 Å². The van der Waals surface area contributed by atoms with Crippen LogP contribution in [0, 0.1) is 0 Å². The van der Waals surface area contributed by atoms with E-state index in [1.54, 1.807) is 12.1 Å². The number of nitrogens with zero attached hydrogens (tertiary/aromatic N) is 1. The minimum atomic E-state index is -0.508. The maximum absolute atomic E-state index is 12.2. The number of methoxy groups -OCH3 is 1. The number of rotatable bonds is 9. The Balaban J connectivity index is 1.42. The Labute approximate surface area is 185 Å². The number of ether oxygens (including phenoxy) is 3. The third-order valence-corrected chi connectivity index (χ3v) is 5.48. The highest BCUT2D eigenvalue weighted by atomic mass is 32.2. The van der Waals surface area contributed by atoms with E-state index >= 15 is 0 Å². The molecular weight excluding hydrogens is 418 g/mol. The van der Waals surface area contributed by atoms with Crippen LogP contribution in [0.5, 0.6) is 5.75 Å². The van der Waals surface area contributed by atoms with Crippen molar-refractivity contribution in [3.63, 3.8) is 0 Å². The normalized spacial score (nSPS) is 14.5. The average molecular weight is 442 g/mol. The molecule has 0 unspecified atom stereocenters. The molecule has 0 atom stereocenters. The number of carbonyl (C=O) groups excluding carboxylic acids is 3. The van der Waals surface area contributed by atoms with E-state index in [0.29, 0.717) is 30.2 Å². The Morgan fingerprint density at radius 2 is 1.84 bits per heavy atom. The maximum atomic E-state index is 12.2. The smallest absolute Gasteiger partial charge is 0.338 e. The topological polar surface area (TPSA) is 82.1 Å². The number of esters is 2. The molecule has 3 rings (SSSR count). The maximum Gasteiger partial charge on any atom is 0.338 e. The Hall–Kier alpha value is -3.26. The fraction of sp³-hybridized carbons (Fsp3) is 0.261. The van der Waals surface area contributed by atoms with Gasteiger partial charge in [0.05, 0.1) is 36.1 Å². The number of hydrogen-bond acceptors (Lipinski definition) is 7. The van der Waals surface area contributed by atoms with Gasteiger partial charge < -0.3 is 19.1 Å². The molecule has 7 nitrogen and oxygen atoms in total. The van der Waals surface area contributed by atoms with Gasteiger partial charge in [-0.2, -0.15) is 0 Å². The molecule has 1 amide bonds. The van der Waals surface area contributed by atoms with Gasteiger partial charge in [0.2, 0.25) is 5.91 Å². The summed E-state index contributed by atoms with van der Waals surface area (Å²) >= 11 is 1.29. The summed E-state index contributed by atoms with van der Waals surface area (Å²) in [5, 5.41) is 0.552. The number of hydrogen-bond donors (Lipinski definition) is 0. The minimum absolute atomic E-state index is 0.0835. The van der Waals surface area contributed by atoms with Crippen LogP contribution in [0.25, 0.3) is 0 Å². The molecule has 1 heterocycles. The van der Waals surface area contributed by atoms with E-state index in [0.717, 1.165) is 11.3 Å². The fourth-order valence-electron chi connectivity index (χ4n) is 2.82. The van der Waals surface area contributed by atoms with Crippen LogP contribution >= 0.6 is 11.8 Å². The molecule has 0 N–H and O–H groups in total. The van der Waals surface area contributed by atoms with Crippen molar-refractivity contribution in [3.8, 4) is 5.75 Å². The van der Waals surface area contributed by atoms with E-state index in [2.05, 4.69) is 4.74 Å². The van der Waals surface area contributed by atoms with Gasteiger partial charge in [0.15, 0.2) is 0 Å². The summed E-state index contributed by atoms with van der Waals surface area (Å²) in [6.45, 7) is 0.929. The van der Waals surface area contributed by atoms with E-state index in [4.69, 9.17) is 9.47 Å². The summed E-state index contributed by atoms with van der Waals surface area (Å²) in [7, 11) is 1.29. The number of thioether (sulfide) groups is 1. The van der Waals surface area contributed by atoms with Crippen molar-refractivity contribution in [2.24, 2.45) is 0 Å². The molecule has 0 spiro atoms. The van der Waals surface area contributed by atoms with Crippen molar-refractivity contribution in [1.29, 1.82) is 0 Å². The van der Waals surface area contributed by atoms with Crippen LogP contribution in [-0.4, -0.2) is 48.8 Å². The van der Waals surface area contributed by atoms with Crippen LogP contribution in [0.15, 0.2) is 65.7 Å². The fourth-order valence-corrected chi connectivity index (χ4v) is 3.78. The molecule has 31 heavy (non-hydrogen) atoms. The van der Waals surface area contributed by atoms with Crippen molar-refractivity contribution >= 4 is 29.6 Å². The van der Waals surface area contributed by atoms with Crippen molar-refractivity contribution < 1.29 is 28.6 Å². The lowest BCUT2D eigenvalue weighted by molar-refractivity contribution is -0.134. The number of para-hydroxylation sites is 1. The first-order valence-corrected chi connectivity index (χ1v) is 10.7. The summed E-state index contributed by atoms with van der Waals surface area (Å²) in [6.07, 6.45) is 1.75. The number of benzene rings is 2. The van der Waals surface area contributed by atoms with E-state index < -0.39 is 11.9 Å². The molecule has 0 aromatic heterocycles. The zero-order valence-corrected chi connectivity index (χ0v) is 17.9. The van der Waals surface area contributed by atoms with Crippen molar-refractivity contribution in [1.82, 2.24) is 4.90 Å². The lowest BCUT2D eigenvalue weighted by Gasteiger charge is -2.16. The average Bonchev–Trinajstić information content (AvgIpc) is 3.15. The number of carbonyl (C=O) groups is 3. The van der Waals surface area contributed by atoms with Gasteiger partial charge in [-0.05, 0) is 36.2 Å². The molecule has 0 radical (unpaired) electrons. The highest BCUT2D eigenvalue weighted by Crippen LogP contribution is 2.28. The number of amides is 1. The van der Waals surface area contributed by atoms with E-state index in [1.165, 1.54) is 29.8 Å². The van der Waals surface area contributed by atoms with Gasteiger partial charge in [0.1, 0.15) is 12.4 Å². The van der Waals surface area contributed by atoms with Crippen LogP contribution in [0.2, 0.25) is 0 Å². The lowest BCUT2D eigenvalue weighted by atomic mass is 10.1. The highest BCUT2D eigenvalue weighted by Gasteiger charge is 2.27. The summed E-state index contributed by atoms with van der Waals surface area (Å²) in [4.78, 5) is 37.1. The van der Waals surface area contributed by atoms with Crippen molar-refractivity contribution in [2.45, 2.75) is 13.0 Å². The van der Waals surface area contributed by atoms with E-state index in [-0.39, 0.29) is 18.3 Å². The van der Waals surface area contributed by atoms with Crippen LogP contribution in [0.3, 0.4) is 0 Å². The zero-order chi connectivity index (χ0) is 22.1. The van der Waals surface area contributed by atoms with Crippen LogP contribution in [0.4, 0.5) is 0 Å². The minimum Gasteiger partial charge on any atom is -0.489 e. The summed E-state index contributed by atoms with van der Waals surface area (Å²) in [5.74, 6) is 0.0441. The molecule has 1 saturated heterocycles. The third kappa shape index (κ3) is 6.62. The first-order chi connectivity index (χ1) is 15.1. The predicted octanol–water partition coefficient (Wildman–Crippen LogP) is 3.40. The monoisotopic (exact) mass is 441 g/mol. The van der Waals surface area contributed by atoms with Crippen molar-refractivity contribution in [3.05, 3.63) is 76.8 Å². The second kappa shape index (κ2) is 11.2. The van der Waals surface area contributed by atoms with E-state index in [1.807, 2.05) is 42.5 Å². The first-order valence-electron chi connectivity index (χ1n) is 9.73. The summed E-state index contributed by atoms with van der Waals surface area (Å²) < 4.78 is 15.6. The van der Waals surface area contributed by atoms with Crippen molar-refractivity contribution in [2.75, 3.05) is 26.0 Å². The van der Waals surface area contributed by atoms with Crippen LogP contribution in [0.1, 0.15) is 22.3 Å². The molecule has 0 bridgehead atoms. The van der Waals surface area contributed by atoms with Gasteiger partial charge in [0.25, 0.3) is 0 Å². The third-order valence-electron chi connectivity index (χ3n) is 4.45. The van der Waals surface area contributed by atoms with Gasteiger partial charge in [-0.15, -0.1) is 0 Å². The van der Waals surface area contributed by atoms with E-state index in [9.17, 15) is 14.4 Å². The second-order valence-corrected chi connectivity index (χ2v) is 7.62. The standard InChI is InChI=1S/C23H23NO6S/c1-28-22(26)14-21-24(20(25)16-31-21)12-5-13-29-23(27)18-10-8-17(9-11-18)15-30-19-6-3-2-4-7-19/h2-4,6-11,14H,5,12-13,15-16H2,1H3/b21-14+. The Kier molecular flexibility index (Phi) is 8.12. The molecule has 0 aliphatic carbocycles. The first kappa shape index (κ1) is 22.4. The Bertz CT molecular complexity index is 942. The predicted molar refractivity (Wildman–Crippen MR) is 116 cm³/mol. The summed E-state index contributed by atoms with van der Waals surface area (Å²) in [5.41, 5.74) is 1.39. The van der Waals surface area contributed by atoms with Gasteiger partial charge in [0, 0.05) is 6.54 Å². The molecule has 8 heteroatoms. The largest absolute Gasteiger partial charge is 0.489 e. The zero-order valence-electron chi connectivity index (χ0n) is 17.1. The van der Waals surface area contributed by atoms with Gasteiger partial charge in [-0.1, -0.05) is 42.1 Å². The molecular formula is C23H23NO6S. The summed E-state index contributed by atoms with van der Waals surface area (Å²) in [6, 6.07) is 16.5. The molecule has 1 aliphatic heterocycles. The highest BCUT2D eigenvalue weighted by molar-refractivity contribution is 8.04. The Morgan fingerprint density at radius 1 is 1.10 bits per heavy atom. The van der Waals surface area contributed by atoms with Crippen LogP contribution < -0.4 is 4.74 Å². The quantitative estimate of drug-likeness (QED) is 0.335. The Morgan fingerprint density at radius 3 is 2.55 bits per heavy atom. The molecule has 0 saturated carbocycles. The molecule has 2 aromatic rings. The SMILES string of the molecule is COC(=O)/C=C1/SCC(=O)N1CCCOC(=O)c1ccc(COc2ccccc2)cc1. The van der Waals surface area contributed by atoms with Gasteiger partial charge in [-0.25, -0.2) is 9.59 Å². The molecule has 162 valence electrons. The molecule has 1 aliphatic rings. The lowest BCUT2D eigenvalue weighted by Crippen LogP contribution is -2.27. The second-order valence-electron chi connectivity index (χ2n) is 6.63. The van der Waals surface area contributed by atoms with Gasteiger partial charge in [-0.3, -0.25) is 4.79 Å². The molecule has 2 aromatic carbocycles. The van der Waals surface area contributed by atoms with Gasteiger partial charge >= 0.3 is 11.9 Å².